The molecule has 0 radical (unpaired) electrons. The predicted molar refractivity (Wildman–Crippen MR) is 72.7 cm³/mol. The van der Waals surface area contributed by atoms with Crippen LogP contribution in [-0.4, -0.2) is 32.8 Å². The lowest BCUT2D eigenvalue weighted by molar-refractivity contribution is 0.0563. The minimum atomic E-state index is -0.871. The first-order chi connectivity index (χ1) is 10.0. The second-order valence-electron chi connectivity index (χ2n) is 4.26. The van der Waals surface area contributed by atoms with E-state index in [0.717, 1.165) is 0 Å². The van der Waals surface area contributed by atoms with Gasteiger partial charge in [-0.05, 0) is 24.3 Å². The second kappa shape index (κ2) is 4.64. The van der Waals surface area contributed by atoms with E-state index < -0.39 is 17.7 Å². The zero-order valence-electron chi connectivity index (χ0n) is 10.4. The van der Waals surface area contributed by atoms with Gasteiger partial charge in [-0.15, -0.1) is 10.2 Å². The maximum atomic E-state index is 12.3. The van der Waals surface area contributed by atoms with Crippen molar-refractivity contribution < 1.29 is 14.4 Å². The third kappa shape index (κ3) is 1.95. The van der Waals surface area contributed by atoms with E-state index in [1.807, 2.05) is 0 Å². The number of nitrogens with two attached hydrogens (primary N) is 1. The summed E-state index contributed by atoms with van der Waals surface area (Å²) in [5.41, 5.74) is 5.79. The molecule has 2 aromatic rings. The van der Waals surface area contributed by atoms with Crippen molar-refractivity contribution in [2.45, 2.75) is 0 Å². The van der Waals surface area contributed by atoms with Crippen LogP contribution in [0.3, 0.4) is 0 Å². The van der Waals surface area contributed by atoms with Crippen molar-refractivity contribution in [2.75, 3.05) is 5.73 Å². The molecule has 2 heterocycles. The fourth-order valence-corrected chi connectivity index (χ4v) is 2.14. The number of nitrogen functional groups attached to an aromatic ring is 1. The van der Waals surface area contributed by atoms with Crippen molar-refractivity contribution in [3.05, 3.63) is 52.3 Å². The topological polar surface area (TPSA) is 106 Å². The Labute approximate surface area is 123 Å². The van der Waals surface area contributed by atoms with Gasteiger partial charge in [0.25, 0.3) is 17.7 Å². The van der Waals surface area contributed by atoms with E-state index in [1.54, 1.807) is 0 Å². The monoisotopic (exact) mass is 302 g/mol. The molecule has 0 aliphatic carbocycles. The van der Waals surface area contributed by atoms with Gasteiger partial charge in [-0.1, -0.05) is 17.7 Å². The average molecular weight is 303 g/mol. The summed E-state index contributed by atoms with van der Waals surface area (Å²) in [7, 11) is 0. The minimum Gasteiger partial charge on any atom is -0.398 e. The highest BCUT2D eigenvalue weighted by Gasteiger charge is 2.42. The summed E-state index contributed by atoms with van der Waals surface area (Å²) in [4.78, 5) is 37.2. The number of halogens is 1. The highest BCUT2D eigenvalue weighted by Crippen LogP contribution is 2.28. The molecule has 0 bridgehead atoms. The molecule has 21 heavy (non-hydrogen) atoms. The summed E-state index contributed by atoms with van der Waals surface area (Å²) in [5.74, 6) is -2.37. The normalized spacial score (nSPS) is 13.5. The van der Waals surface area contributed by atoms with E-state index >= 15 is 0 Å². The first-order valence-electron chi connectivity index (χ1n) is 5.81. The van der Waals surface area contributed by atoms with Crippen LogP contribution in [0.2, 0.25) is 5.15 Å². The van der Waals surface area contributed by atoms with Crippen LogP contribution < -0.4 is 5.73 Å². The van der Waals surface area contributed by atoms with Crippen molar-refractivity contribution in [1.82, 2.24) is 15.1 Å². The van der Waals surface area contributed by atoms with Crippen LogP contribution in [0.4, 0.5) is 5.69 Å². The van der Waals surface area contributed by atoms with Gasteiger partial charge in [-0.25, -0.2) is 4.90 Å². The summed E-state index contributed by atoms with van der Waals surface area (Å²) < 4.78 is 0. The molecular formula is C13H7ClN4O3. The number of amides is 3. The number of rotatable bonds is 1. The number of nitrogens with zero attached hydrogens (tertiary/aromatic N) is 3. The second-order valence-corrected chi connectivity index (χ2v) is 4.65. The van der Waals surface area contributed by atoms with E-state index in [2.05, 4.69) is 10.2 Å². The molecule has 0 spiro atoms. The van der Waals surface area contributed by atoms with Gasteiger partial charge >= 0.3 is 0 Å². The summed E-state index contributed by atoms with van der Waals surface area (Å²) in [5, 5.41) is 7.17. The molecule has 1 aromatic carbocycles. The highest BCUT2D eigenvalue weighted by atomic mass is 35.5. The average Bonchev–Trinajstić information content (AvgIpc) is 2.72. The smallest absolute Gasteiger partial charge is 0.288 e. The van der Waals surface area contributed by atoms with Gasteiger partial charge in [0.05, 0.1) is 11.1 Å². The minimum absolute atomic E-state index is 0.0257. The van der Waals surface area contributed by atoms with Crippen LogP contribution >= 0.6 is 11.6 Å². The summed E-state index contributed by atoms with van der Waals surface area (Å²) in [6, 6.07) is 7.08. The Morgan fingerprint density at radius 1 is 1.10 bits per heavy atom. The van der Waals surface area contributed by atoms with Gasteiger partial charge in [0.1, 0.15) is 0 Å². The zero-order chi connectivity index (χ0) is 15.1. The van der Waals surface area contributed by atoms with E-state index in [4.69, 9.17) is 17.3 Å². The van der Waals surface area contributed by atoms with Crippen molar-refractivity contribution in [2.24, 2.45) is 0 Å². The number of fused-ring (bicyclic) bond motifs is 1. The Balaban J connectivity index is 2.04. The molecule has 7 nitrogen and oxygen atoms in total. The Hall–Kier alpha value is -2.80. The first kappa shape index (κ1) is 13.2. The third-order valence-corrected chi connectivity index (χ3v) is 3.20. The molecule has 104 valence electrons. The zero-order valence-corrected chi connectivity index (χ0v) is 11.2. The molecule has 1 aliphatic heterocycles. The van der Waals surface area contributed by atoms with E-state index in [-0.39, 0.29) is 27.7 Å². The maximum absolute atomic E-state index is 12.3. The lowest BCUT2D eigenvalue weighted by Crippen LogP contribution is -2.36. The van der Waals surface area contributed by atoms with Gasteiger partial charge < -0.3 is 5.73 Å². The molecule has 0 saturated heterocycles. The number of carbonyl (C=O) groups is 3. The molecule has 0 unspecified atom stereocenters. The lowest BCUT2D eigenvalue weighted by Gasteiger charge is -2.10. The Bertz CT molecular complexity index is 789. The molecule has 3 amide bonds. The quantitative estimate of drug-likeness (QED) is 0.625. The maximum Gasteiger partial charge on any atom is 0.288 e. The highest BCUT2D eigenvalue weighted by molar-refractivity contribution is 6.32. The van der Waals surface area contributed by atoms with E-state index in [1.165, 1.54) is 30.3 Å². The molecule has 0 fully saturated rings. The van der Waals surface area contributed by atoms with Crippen molar-refractivity contribution in [1.29, 1.82) is 0 Å². The summed E-state index contributed by atoms with van der Waals surface area (Å²) in [6.45, 7) is 0. The van der Waals surface area contributed by atoms with Crippen LogP contribution in [0.5, 0.6) is 0 Å². The number of hydrogen-bond donors (Lipinski definition) is 1. The SMILES string of the molecule is Nc1cccc2c1C(=O)N(C(=O)c1ccc(Cl)nn1)C2=O. The fourth-order valence-electron chi connectivity index (χ4n) is 2.04. The van der Waals surface area contributed by atoms with Gasteiger partial charge in [0, 0.05) is 5.69 Å². The van der Waals surface area contributed by atoms with Gasteiger partial charge in [0.15, 0.2) is 10.8 Å². The van der Waals surface area contributed by atoms with Crippen LogP contribution in [0, 0.1) is 0 Å². The Morgan fingerprint density at radius 3 is 2.48 bits per heavy atom. The molecule has 3 rings (SSSR count). The van der Waals surface area contributed by atoms with E-state index in [9.17, 15) is 14.4 Å². The lowest BCUT2D eigenvalue weighted by atomic mass is 10.1. The van der Waals surface area contributed by atoms with Crippen molar-refractivity contribution in [3.63, 3.8) is 0 Å². The largest absolute Gasteiger partial charge is 0.398 e. The van der Waals surface area contributed by atoms with E-state index in [0.29, 0.717) is 4.90 Å². The number of hydrogen-bond acceptors (Lipinski definition) is 6. The standard InChI is InChI=1S/C13H7ClN4O3/c14-9-5-4-8(16-17-9)12(20)18-11(19)6-2-1-3-7(15)10(6)13(18)21/h1-5H,15H2. The van der Waals surface area contributed by atoms with Gasteiger partial charge in [-0.2, -0.15) is 0 Å². The molecule has 0 atom stereocenters. The number of imide groups is 3. The summed E-state index contributed by atoms with van der Waals surface area (Å²) in [6.07, 6.45) is 0. The van der Waals surface area contributed by atoms with Crippen LogP contribution in [0.25, 0.3) is 0 Å². The van der Waals surface area contributed by atoms with Crippen LogP contribution in [-0.2, 0) is 0 Å². The number of aromatic nitrogens is 2. The number of anilines is 1. The number of carbonyl (C=O) groups excluding carboxylic acids is 3. The molecule has 0 saturated carbocycles. The van der Waals surface area contributed by atoms with Crippen LogP contribution in [0.1, 0.15) is 31.2 Å². The van der Waals surface area contributed by atoms with Crippen molar-refractivity contribution in [3.8, 4) is 0 Å². The molecule has 1 aliphatic rings. The fraction of sp³-hybridized carbons (Fsp3) is 0. The van der Waals surface area contributed by atoms with Crippen molar-refractivity contribution >= 4 is 35.0 Å². The van der Waals surface area contributed by atoms with Gasteiger partial charge in [-0.3, -0.25) is 14.4 Å². The molecule has 2 N–H and O–H groups in total. The Kier molecular flexibility index (Phi) is 2.91. The molecule has 1 aromatic heterocycles. The molecule has 8 heteroatoms. The van der Waals surface area contributed by atoms with Gasteiger partial charge in [0.2, 0.25) is 0 Å². The van der Waals surface area contributed by atoms with Crippen LogP contribution in [0.15, 0.2) is 30.3 Å². The molecular weight excluding hydrogens is 296 g/mol. The Morgan fingerprint density at radius 2 is 1.86 bits per heavy atom. The first-order valence-corrected chi connectivity index (χ1v) is 6.19. The third-order valence-electron chi connectivity index (χ3n) is 3.00. The summed E-state index contributed by atoms with van der Waals surface area (Å²) >= 11 is 5.58. The predicted octanol–water partition coefficient (Wildman–Crippen LogP) is 1.15. The number of benzene rings is 1.